The van der Waals surface area contributed by atoms with Crippen molar-refractivity contribution in [1.82, 2.24) is 0 Å². The minimum absolute atomic E-state index is 0.898. The van der Waals surface area contributed by atoms with Gasteiger partial charge in [0.15, 0.2) is 0 Å². The molecule has 1 heteroatoms. The Labute approximate surface area is 175 Å². The molecule has 1 heterocycles. The largest absolute Gasteiger partial charge is 0.456 e. The summed E-state index contributed by atoms with van der Waals surface area (Å²) in [7, 11) is 0. The van der Waals surface area contributed by atoms with E-state index in [-0.39, 0.29) is 0 Å². The molecule has 0 saturated carbocycles. The van der Waals surface area contributed by atoms with E-state index in [4.69, 9.17) is 4.42 Å². The Hall–Kier alpha value is -3.84. The molecule has 4 aromatic carbocycles. The summed E-state index contributed by atoms with van der Waals surface area (Å²) in [6, 6.07) is 36.2. The van der Waals surface area contributed by atoms with Crippen LogP contribution in [0.15, 0.2) is 108 Å². The summed E-state index contributed by atoms with van der Waals surface area (Å²) in [6.07, 6.45) is 3.20. The molecular formula is C29H20O. The molecule has 0 atom stereocenters. The van der Waals surface area contributed by atoms with Crippen LogP contribution in [0.2, 0.25) is 0 Å². The maximum atomic E-state index is 6.23. The fourth-order valence-electron chi connectivity index (χ4n) is 4.49. The van der Waals surface area contributed by atoms with Gasteiger partial charge in [-0.25, -0.2) is 0 Å². The summed E-state index contributed by atoms with van der Waals surface area (Å²) >= 11 is 0. The van der Waals surface area contributed by atoms with Gasteiger partial charge in [0.25, 0.3) is 0 Å². The van der Waals surface area contributed by atoms with Crippen molar-refractivity contribution in [1.29, 1.82) is 0 Å². The highest BCUT2D eigenvalue weighted by atomic mass is 16.3. The normalized spacial score (nSPS) is 12.7. The number of benzene rings is 4. The summed E-state index contributed by atoms with van der Waals surface area (Å²) in [5.74, 6) is 1.87. The van der Waals surface area contributed by atoms with Gasteiger partial charge in [-0.15, -0.1) is 0 Å². The topological polar surface area (TPSA) is 13.1 Å². The van der Waals surface area contributed by atoms with Gasteiger partial charge >= 0.3 is 0 Å². The third-order valence-electron chi connectivity index (χ3n) is 5.96. The number of hydrogen-bond acceptors (Lipinski definition) is 1. The quantitative estimate of drug-likeness (QED) is 0.308. The van der Waals surface area contributed by atoms with Crippen molar-refractivity contribution in [3.05, 3.63) is 120 Å². The average Bonchev–Trinajstić information content (AvgIpc) is 3.46. The second-order valence-electron chi connectivity index (χ2n) is 7.78. The van der Waals surface area contributed by atoms with Crippen molar-refractivity contribution in [3.63, 3.8) is 0 Å². The minimum Gasteiger partial charge on any atom is -0.456 e. The maximum Gasteiger partial charge on any atom is 0.134 e. The molecular weight excluding hydrogens is 364 g/mol. The van der Waals surface area contributed by atoms with Gasteiger partial charge in [-0.05, 0) is 56.8 Å². The minimum atomic E-state index is 0.898. The second-order valence-corrected chi connectivity index (χ2v) is 7.78. The van der Waals surface area contributed by atoms with Crippen LogP contribution >= 0.6 is 0 Å². The summed E-state index contributed by atoms with van der Waals surface area (Å²) < 4.78 is 6.23. The van der Waals surface area contributed by atoms with Gasteiger partial charge in [0.2, 0.25) is 0 Å². The zero-order chi connectivity index (χ0) is 19.9. The molecule has 0 N–H and O–H groups in total. The Balaban J connectivity index is 1.44. The molecule has 1 aliphatic carbocycles. The van der Waals surface area contributed by atoms with Crippen molar-refractivity contribution in [3.8, 4) is 22.5 Å². The molecule has 30 heavy (non-hydrogen) atoms. The molecule has 0 fully saturated rings. The molecule has 1 nitrogen and oxygen atoms in total. The Morgan fingerprint density at radius 1 is 0.567 bits per heavy atom. The fraction of sp³-hybridized carbons (Fsp3) is 0.0345. The third kappa shape index (κ3) is 2.79. The first-order valence-corrected chi connectivity index (χ1v) is 10.3. The maximum absolute atomic E-state index is 6.23. The van der Waals surface area contributed by atoms with Crippen molar-refractivity contribution < 1.29 is 4.42 Å². The van der Waals surface area contributed by atoms with Gasteiger partial charge in [0.1, 0.15) is 11.5 Å². The van der Waals surface area contributed by atoms with E-state index in [9.17, 15) is 0 Å². The van der Waals surface area contributed by atoms with E-state index in [0.717, 1.165) is 23.5 Å². The Kier molecular flexibility index (Phi) is 3.92. The van der Waals surface area contributed by atoms with Gasteiger partial charge in [-0.3, -0.25) is 0 Å². The molecule has 0 bridgehead atoms. The number of allylic oxidation sites excluding steroid dienone is 1. The lowest BCUT2D eigenvalue weighted by atomic mass is 9.93. The van der Waals surface area contributed by atoms with Gasteiger partial charge in [0.05, 0.1) is 0 Å². The molecule has 5 aromatic rings. The molecule has 0 amide bonds. The summed E-state index contributed by atoms with van der Waals surface area (Å²) in [6.45, 7) is 0. The van der Waals surface area contributed by atoms with Crippen LogP contribution in [0.1, 0.15) is 16.9 Å². The second kappa shape index (κ2) is 6.89. The first-order valence-electron chi connectivity index (χ1n) is 10.3. The summed E-state index contributed by atoms with van der Waals surface area (Å²) in [5.41, 5.74) is 7.58. The average molecular weight is 384 g/mol. The van der Waals surface area contributed by atoms with E-state index >= 15 is 0 Å². The molecule has 0 unspecified atom stereocenters. The predicted molar refractivity (Wildman–Crippen MR) is 125 cm³/mol. The van der Waals surface area contributed by atoms with Crippen molar-refractivity contribution in [2.45, 2.75) is 6.42 Å². The van der Waals surface area contributed by atoms with E-state index in [1.165, 1.54) is 38.6 Å². The van der Waals surface area contributed by atoms with Crippen LogP contribution in [0.4, 0.5) is 0 Å². The van der Waals surface area contributed by atoms with E-state index < -0.39 is 0 Å². The van der Waals surface area contributed by atoms with Crippen molar-refractivity contribution >= 4 is 22.4 Å². The third-order valence-corrected chi connectivity index (χ3v) is 5.96. The number of fused-ring (bicyclic) bond motifs is 2. The lowest BCUT2D eigenvalue weighted by Crippen LogP contribution is -1.88. The molecule has 0 saturated heterocycles. The van der Waals surface area contributed by atoms with Gasteiger partial charge in [0, 0.05) is 12.0 Å². The zero-order valence-electron chi connectivity index (χ0n) is 16.5. The Bertz CT molecular complexity index is 1400. The van der Waals surface area contributed by atoms with Gasteiger partial charge < -0.3 is 4.42 Å². The first-order chi connectivity index (χ1) is 14.9. The lowest BCUT2D eigenvalue weighted by Gasteiger charge is -2.11. The highest BCUT2D eigenvalue weighted by Gasteiger charge is 2.20. The molecule has 0 radical (unpaired) electrons. The van der Waals surface area contributed by atoms with Crippen LogP contribution in [0, 0.1) is 0 Å². The van der Waals surface area contributed by atoms with Crippen molar-refractivity contribution in [2.75, 3.05) is 0 Å². The standard InChI is InChI=1S/C29H20O/c1-2-9-21(10-3-1)28-16-17-29(30-28)23-18-22-12-7-15-26(27(22)19-23)25-14-6-11-20-8-4-5-13-24(20)25/h1-17,19H,18H2. The molecule has 6 rings (SSSR count). The molecule has 1 aromatic heterocycles. The predicted octanol–water partition coefficient (Wildman–Crippen LogP) is 7.86. The zero-order valence-corrected chi connectivity index (χ0v) is 16.5. The van der Waals surface area contributed by atoms with E-state index in [2.05, 4.69) is 91.0 Å². The molecule has 1 aliphatic rings. The van der Waals surface area contributed by atoms with Crippen LogP contribution in [0.25, 0.3) is 44.9 Å². The van der Waals surface area contributed by atoms with Crippen LogP contribution in [-0.4, -0.2) is 0 Å². The number of furan rings is 1. The van der Waals surface area contributed by atoms with Crippen LogP contribution in [0.5, 0.6) is 0 Å². The summed E-state index contributed by atoms with van der Waals surface area (Å²) in [5, 5.41) is 2.56. The van der Waals surface area contributed by atoms with E-state index in [1.54, 1.807) is 0 Å². The highest BCUT2D eigenvalue weighted by Crippen LogP contribution is 2.40. The van der Waals surface area contributed by atoms with Crippen LogP contribution < -0.4 is 0 Å². The van der Waals surface area contributed by atoms with Crippen LogP contribution in [-0.2, 0) is 6.42 Å². The van der Waals surface area contributed by atoms with Crippen LogP contribution in [0.3, 0.4) is 0 Å². The van der Waals surface area contributed by atoms with E-state index in [0.29, 0.717) is 0 Å². The molecule has 0 spiro atoms. The SMILES string of the molecule is C1=C(c2ccc(-c3ccccc3)o2)Cc2cccc(-c3cccc4ccccc34)c21. The Morgan fingerprint density at radius 3 is 2.23 bits per heavy atom. The van der Waals surface area contributed by atoms with Crippen molar-refractivity contribution in [2.24, 2.45) is 0 Å². The monoisotopic (exact) mass is 384 g/mol. The van der Waals surface area contributed by atoms with Gasteiger partial charge in [-0.2, -0.15) is 0 Å². The summed E-state index contributed by atoms with van der Waals surface area (Å²) in [4.78, 5) is 0. The first kappa shape index (κ1) is 17.1. The number of rotatable bonds is 3. The molecule has 142 valence electrons. The highest BCUT2D eigenvalue weighted by molar-refractivity contribution is 6.01. The van der Waals surface area contributed by atoms with E-state index in [1.807, 2.05) is 18.2 Å². The molecule has 0 aliphatic heterocycles. The Morgan fingerprint density at radius 2 is 1.30 bits per heavy atom. The smallest absolute Gasteiger partial charge is 0.134 e. The lowest BCUT2D eigenvalue weighted by molar-refractivity contribution is 0.566. The number of hydrogen-bond donors (Lipinski definition) is 0. The van der Waals surface area contributed by atoms with Gasteiger partial charge in [-0.1, -0.05) is 91.0 Å². The fourth-order valence-corrected chi connectivity index (χ4v) is 4.49.